The van der Waals surface area contributed by atoms with Crippen LogP contribution in [0.3, 0.4) is 0 Å². The summed E-state index contributed by atoms with van der Waals surface area (Å²) in [7, 11) is 0. The van der Waals surface area contributed by atoms with Crippen LogP contribution >= 0.6 is 0 Å². The van der Waals surface area contributed by atoms with Gasteiger partial charge in [0.05, 0.1) is 6.10 Å². The van der Waals surface area contributed by atoms with E-state index < -0.39 is 0 Å². The third-order valence-corrected chi connectivity index (χ3v) is 3.97. The van der Waals surface area contributed by atoms with Crippen LogP contribution in [0.1, 0.15) is 51.0 Å². The largest absolute Gasteiger partial charge is 0.393 e. The molecule has 0 saturated heterocycles. The third-order valence-electron chi connectivity index (χ3n) is 3.97. The minimum atomic E-state index is -0.107. The van der Waals surface area contributed by atoms with E-state index in [1.807, 2.05) is 0 Å². The van der Waals surface area contributed by atoms with Gasteiger partial charge >= 0.3 is 0 Å². The van der Waals surface area contributed by atoms with Crippen molar-refractivity contribution in [3.63, 3.8) is 0 Å². The van der Waals surface area contributed by atoms with Gasteiger partial charge in [-0.15, -0.1) is 0 Å². The average molecular weight is 279 g/mol. The molecule has 1 aliphatic carbocycles. The van der Waals surface area contributed by atoms with Gasteiger partial charge in [0, 0.05) is 12.1 Å². The van der Waals surface area contributed by atoms with E-state index in [4.69, 9.17) is 5.84 Å². The monoisotopic (exact) mass is 279 g/mol. The zero-order chi connectivity index (χ0) is 14.5. The van der Waals surface area contributed by atoms with Crippen molar-refractivity contribution in [2.75, 3.05) is 17.3 Å². The Morgan fingerprint density at radius 3 is 2.50 bits per heavy atom. The molecule has 0 aliphatic heterocycles. The van der Waals surface area contributed by atoms with Gasteiger partial charge in [0.15, 0.2) is 0 Å². The summed E-state index contributed by atoms with van der Waals surface area (Å²) in [6.07, 6.45) is 5.36. The van der Waals surface area contributed by atoms with E-state index in [-0.39, 0.29) is 12.0 Å². The first-order valence-electron chi connectivity index (χ1n) is 7.35. The molecule has 20 heavy (non-hydrogen) atoms. The highest BCUT2D eigenvalue weighted by Crippen LogP contribution is 2.29. The number of nitrogens with one attached hydrogen (secondary N) is 2. The van der Waals surface area contributed by atoms with Crippen molar-refractivity contribution in [3.8, 4) is 0 Å². The number of aliphatic hydroxyl groups is 1. The van der Waals surface area contributed by atoms with Crippen LogP contribution in [0.5, 0.6) is 0 Å². The summed E-state index contributed by atoms with van der Waals surface area (Å²) in [5.74, 6) is 7.94. The highest BCUT2D eigenvalue weighted by molar-refractivity contribution is 5.58. The first-order valence-corrected chi connectivity index (χ1v) is 7.35. The van der Waals surface area contributed by atoms with Crippen LogP contribution < -0.4 is 16.6 Å². The SMILES string of the molecule is CC(C)c1c(NN)ncnc1NCC1CCC(O)CC1. The Morgan fingerprint density at radius 2 is 1.90 bits per heavy atom. The van der Waals surface area contributed by atoms with Crippen LogP contribution in [0, 0.1) is 5.92 Å². The molecule has 1 aromatic heterocycles. The van der Waals surface area contributed by atoms with Gasteiger partial charge in [-0.25, -0.2) is 15.8 Å². The number of aliphatic hydroxyl groups excluding tert-OH is 1. The lowest BCUT2D eigenvalue weighted by Crippen LogP contribution is -2.24. The lowest BCUT2D eigenvalue weighted by Gasteiger charge is -2.26. The van der Waals surface area contributed by atoms with Crippen LogP contribution in [-0.2, 0) is 0 Å². The molecular formula is C14H25N5O. The molecular weight excluding hydrogens is 254 g/mol. The first kappa shape index (κ1) is 15.0. The molecule has 1 aromatic rings. The maximum absolute atomic E-state index is 9.53. The van der Waals surface area contributed by atoms with Crippen molar-refractivity contribution >= 4 is 11.6 Å². The maximum atomic E-state index is 9.53. The molecule has 112 valence electrons. The van der Waals surface area contributed by atoms with Crippen molar-refractivity contribution in [2.45, 2.75) is 51.6 Å². The van der Waals surface area contributed by atoms with Gasteiger partial charge in [0.25, 0.3) is 0 Å². The Labute approximate surface area is 120 Å². The normalized spacial score (nSPS) is 22.9. The molecule has 1 fully saturated rings. The highest BCUT2D eigenvalue weighted by atomic mass is 16.3. The van der Waals surface area contributed by atoms with E-state index in [2.05, 4.69) is 34.6 Å². The molecule has 6 heteroatoms. The van der Waals surface area contributed by atoms with E-state index in [0.717, 1.165) is 43.6 Å². The summed E-state index contributed by atoms with van der Waals surface area (Å²) in [5.41, 5.74) is 3.66. The lowest BCUT2D eigenvalue weighted by molar-refractivity contribution is 0.111. The van der Waals surface area contributed by atoms with Crippen LogP contribution in [0.25, 0.3) is 0 Å². The number of rotatable bonds is 5. The molecule has 0 unspecified atom stereocenters. The standard InChI is InChI=1S/C14H25N5O/c1-9(2)12-13(17-8-18-14(12)19-15)16-7-10-3-5-11(20)6-4-10/h8-11,20H,3-7,15H2,1-2H3,(H2,16,17,18,19). The van der Waals surface area contributed by atoms with Crippen LogP contribution in [0.2, 0.25) is 0 Å². The zero-order valence-electron chi connectivity index (χ0n) is 12.3. The van der Waals surface area contributed by atoms with Gasteiger partial charge in [-0.05, 0) is 37.5 Å². The lowest BCUT2D eigenvalue weighted by atomic mass is 9.87. The Kier molecular flexibility index (Phi) is 5.14. The van der Waals surface area contributed by atoms with Crippen molar-refractivity contribution in [1.82, 2.24) is 9.97 Å². The minimum absolute atomic E-state index is 0.107. The molecule has 5 N–H and O–H groups in total. The number of nitrogens with two attached hydrogens (primary N) is 1. The fourth-order valence-corrected chi connectivity index (χ4v) is 2.79. The Morgan fingerprint density at radius 1 is 1.25 bits per heavy atom. The second-order valence-corrected chi connectivity index (χ2v) is 5.84. The Balaban J connectivity index is 2.02. The van der Waals surface area contributed by atoms with E-state index in [1.165, 1.54) is 6.33 Å². The van der Waals surface area contributed by atoms with Crippen LogP contribution in [0.15, 0.2) is 6.33 Å². The molecule has 1 heterocycles. The third kappa shape index (κ3) is 3.58. The van der Waals surface area contributed by atoms with Gasteiger partial charge in [-0.3, -0.25) is 0 Å². The molecule has 0 bridgehead atoms. The van der Waals surface area contributed by atoms with Crippen LogP contribution in [0.4, 0.5) is 11.6 Å². The van der Waals surface area contributed by atoms with Crippen molar-refractivity contribution in [2.24, 2.45) is 11.8 Å². The van der Waals surface area contributed by atoms with Gasteiger partial charge in [-0.1, -0.05) is 13.8 Å². The summed E-state index contributed by atoms with van der Waals surface area (Å²) in [4.78, 5) is 8.50. The van der Waals surface area contributed by atoms with Gasteiger partial charge in [0.1, 0.15) is 18.0 Å². The summed E-state index contributed by atoms with van der Waals surface area (Å²) in [5, 5.41) is 13.0. The molecule has 1 aliphatic rings. The second-order valence-electron chi connectivity index (χ2n) is 5.84. The minimum Gasteiger partial charge on any atom is -0.393 e. The quantitative estimate of drug-likeness (QED) is 0.485. The summed E-state index contributed by atoms with van der Waals surface area (Å²) in [6.45, 7) is 5.08. The van der Waals surface area contributed by atoms with Crippen molar-refractivity contribution < 1.29 is 5.11 Å². The smallest absolute Gasteiger partial charge is 0.148 e. The van der Waals surface area contributed by atoms with Crippen molar-refractivity contribution in [1.29, 1.82) is 0 Å². The van der Waals surface area contributed by atoms with Gasteiger partial charge < -0.3 is 15.8 Å². The number of nitrogens with zero attached hydrogens (tertiary/aromatic N) is 2. The van der Waals surface area contributed by atoms with Gasteiger partial charge in [0.2, 0.25) is 0 Å². The molecule has 6 nitrogen and oxygen atoms in total. The molecule has 2 rings (SSSR count). The van der Waals surface area contributed by atoms with E-state index in [1.54, 1.807) is 0 Å². The zero-order valence-corrected chi connectivity index (χ0v) is 12.3. The molecule has 0 radical (unpaired) electrons. The van der Waals surface area contributed by atoms with E-state index in [9.17, 15) is 5.11 Å². The van der Waals surface area contributed by atoms with Crippen molar-refractivity contribution in [3.05, 3.63) is 11.9 Å². The molecule has 0 aromatic carbocycles. The van der Waals surface area contributed by atoms with Gasteiger partial charge in [-0.2, -0.15) is 0 Å². The summed E-state index contributed by atoms with van der Waals surface area (Å²) >= 11 is 0. The number of hydrazine groups is 1. The highest BCUT2D eigenvalue weighted by Gasteiger charge is 2.20. The second kappa shape index (κ2) is 6.85. The summed E-state index contributed by atoms with van der Waals surface area (Å²) < 4.78 is 0. The number of hydrogen-bond acceptors (Lipinski definition) is 6. The first-order chi connectivity index (χ1) is 9.61. The number of aromatic nitrogens is 2. The summed E-state index contributed by atoms with van der Waals surface area (Å²) in [6, 6.07) is 0. The fraction of sp³-hybridized carbons (Fsp3) is 0.714. The number of nitrogen functional groups attached to an aromatic ring is 1. The average Bonchev–Trinajstić information content (AvgIpc) is 2.46. The topological polar surface area (TPSA) is 96.1 Å². The number of hydrogen-bond donors (Lipinski definition) is 4. The molecule has 0 spiro atoms. The Bertz CT molecular complexity index is 430. The Hall–Kier alpha value is -1.40. The predicted octanol–water partition coefficient (Wildman–Crippen LogP) is 1.85. The molecule has 0 amide bonds. The van der Waals surface area contributed by atoms with Crippen LogP contribution in [-0.4, -0.2) is 27.7 Å². The molecule has 1 saturated carbocycles. The predicted molar refractivity (Wildman–Crippen MR) is 80.4 cm³/mol. The number of anilines is 2. The maximum Gasteiger partial charge on any atom is 0.148 e. The fourth-order valence-electron chi connectivity index (χ4n) is 2.79. The van der Waals surface area contributed by atoms with E-state index in [0.29, 0.717) is 11.7 Å². The van der Waals surface area contributed by atoms with E-state index >= 15 is 0 Å². The molecule has 0 atom stereocenters.